The lowest BCUT2D eigenvalue weighted by atomic mass is 10.0. The van der Waals surface area contributed by atoms with E-state index in [1.54, 1.807) is 23.3 Å². The van der Waals surface area contributed by atoms with Gasteiger partial charge in [-0.2, -0.15) is 5.10 Å². The Hall–Kier alpha value is -2.78. The van der Waals surface area contributed by atoms with Gasteiger partial charge in [-0.05, 0) is 25.0 Å². The molecule has 3 heterocycles. The van der Waals surface area contributed by atoms with Crippen LogP contribution >= 0.6 is 0 Å². The predicted molar refractivity (Wildman–Crippen MR) is 131 cm³/mol. The molecule has 0 bridgehead atoms. The van der Waals surface area contributed by atoms with E-state index in [2.05, 4.69) is 34.7 Å². The van der Waals surface area contributed by atoms with Gasteiger partial charge in [-0.25, -0.2) is 19.4 Å². The third-order valence-corrected chi connectivity index (χ3v) is 7.85. The number of hydrogen-bond acceptors (Lipinski definition) is 6. The van der Waals surface area contributed by atoms with Crippen LogP contribution in [0.3, 0.4) is 0 Å². The van der Waals surface area contributed by atoms with E-state index < -0.39 is 8.07 Å². The van der Waals surface area contributed by atoms with Crippen LogP contribution in [0, 0.1) is 5.92 Å². The maximum Gasteiger partial charge on any atom is 0.332 e. The van der Waals surface area contributed by atoms with Crippen molar-refractivity contribution in [2.24, 2.45) is 5.92 Å². The third-order valence-electron chi connectivity index (χ3n) is 6.14. The zero-order valence-electron chi connectivity index (χ0n) is 20.0. The van der Waals surface area contributed by atoms with E-state index in [9.17, 15) is 4.79 Å². The lowest BCUT2D eigenvalue weighted by molar-refractivity contribution is -0.134. The molecule has 1 aliphatic carbocycles. The van der Waals surface area contributed by atoms with Gasteiger partial charge >= 0.3 is 5.97 Å². The average molecular weight is 468 g/mol. The van der Waals surface area contributed by atoms with Gasteiger partial charge in [0.05, 0.1) is 24.7 Å². The molecule has 0 N–H and O–H groups in total. The largest absolute Gasteiger partial charge is 0.466 e. The van der Waals surface area contributed by atoms with Crippen LogP contribution < -0.4 is 0 Å². The van der Waals surface area contributed by atoms with Gasteiger partial charge in [0.2, 0.25) is 0 Å². The zero-order chi connectivity index (χ0) is 23.4. The van der Waals surface area contributed by atoms with Crippen LogP contribution in [-0.2, 0) is 21.0 Å². The fourth-order valence-electron chi connectivity index (χ4n) is 4.24. The monoisotopic (exact) mass is 467 g/mol. The Kier molecular flexibility index (Phi) is 7.09. The van der Waals surface area contributed by atoms with Gasteiger partial charge in [0.1, 0.15) is 18.7 Å². The number of nitrogens with zero attached hydrogens (tertiary/aromatic N) is 5. The number of aromatic nitrogens is 5. The van der Waals surface area contributed by atoms with Crippen LogP contribution in [0.25, 0.3) is 28.0 Å². The van der Waals surface area contributed by atoms with Crippen LogP contribution in [0.5, 0.6) is 0 Å². The lowest BCUT2D eigenvalue weighted by Gasteiger charge is -2.15. The summed E-state index contributed by atoms with van der Waals surface area (Å²) in [5.41, 5.74) is 3.41. The summed E-state index contributed by atoms with van der Waals surface area (Å²) in [5, 5.41) is 5.52. The number of fused-ring (bicyclic) bond motifs is 1. The van der Waals surface area contributed by atoms with Crippen molar-refractivity contribution >= 4 is 30.8 Å². The first-order valence-corrected chi connectivity index (χ1v) is 15.3. The molecule has 33 heavy (non-hydrogen) atoms. The first kappa shape index (κ1) is 23.4. The first-order chi connectivity index (χ1) is 15.9. The van der Waals surface area contributed by atoms with Crippen molar-refractivity contribution in [2.45, 2.75) is 58.1 Å². The molecular formula is C24H33N5O3Si. The van der Waals surface area contributed by atoms with Gasteiger partial charge in [-0.1, -0.05) is 32.5 Å². The number of carbonyl (C=O) groups is 1. The SMILES string of the molecule is COC(=O)/C=C(\C1CCCC1)n1cc(-c2ncnc3c2ccn3COCC[Si](C)(C)C)cn1. The number of allylic oxidation sites excluding steroid dienone is 1. The number of hydrogen-bond donors (Lipinski definition) is 0. The molecule has 1 fully saturated rings. The van der Waals surface area contributed by atoms with E-state index >= 15 is 0 Å². The summed E-state index contributed by atoms with van der Waals surface area (Å²) in [6.07, 6.45) is 13.3. The summed E-state index contributed by atoms with van der Waals surface area (Å²) in [5.74, 6) is -0.0544. The molecule has 3 aromatic heterocycles. The summed E-state index contributed by atoms with van der Waals surface area (Å²) in [4.78, 5) is 21.0. The van der Waals surface area contributed by atoms with Crippen LogP contribution in [-0.4, -0.2) is 52.1 Å². The standard InChI is InChI=1S/C24H33N5O3Si/c1-31-22(30)13-21(18-7-5-6-8-18)29-15-19(14-27-29)23-20-9-10-28(24(20)26-16-25-23)17-32-11-12-33(2,3)4/h9-10,13-16,18H,5-8,11-12,17H2,1-4H3/b21-13+. The highest BCUT2D eigenvalue weighted by Gasteiger charge is 2.23. The van der Waals surface area contributed by atoms with Crippen molar-refractivity contribution in [2.75, 3.05) is 13.7 Å². The fourth-order valence-corrected chi connectivity index (χ4v) is 4.99. The second-order valence-corrected chi connectivity index (χ2v) is 15.5. The molecule has 1 aliphatic rings. The molecule has 0 saturated heterocycles. The summed E-state index contributed by atoms with van der Waals surface area (Å²) in [7, 11) is 0.281. The van der Waals surface area contributed by atoms with Crippen molar-refractivity contribution in [1.82, 2.24) is 24.3 Å². The summed E-state index contributed by atoms with van der Waals surface area (Å²) in [6, 6.07) is 3.15. The highest BCUT2D eigenvalue weighted by atomic mass is 28.3. The van der Waals surface area contributed by atoms with Crippen LogP contribution in [0.15, 0.2) is 37.1 Å². The molecule has 4 rings (SSSR count). The van der Waals surface area contributed by atoms with E-state index in [0.717, 1.165) is 66.3 Å². The molecule has 176 valence electrons. The highest BCUT2D eigenvalue weighted by molar-refractivity contribution is 6.76. The van der Waals surface area contributed by atoms with Gasteiger partial charge < -0.3 is 14.0 Å². The Morgan fingerprint density at radius 2 is 2.03 bits per heavy atom. The van der Waals surface area contributed by atoms with Gasteiger partial charge in [0.15, 0.2) is 0 Å². The van der Waals surface area contributed by atoms with Crippen LogP contribution in [0.4, 0.5) is 0 Å². The summed E-state index contributed by atoms with van der Waals surface area (Å²) < 4.78 is 14.6. The van der Waals surface area contributed by atoms with Gasteiger partial charge in [-0.3, -0.25) is 0 Å². The molecule has 0 aromatic carbocycles. The number of methoxy groups -OCH3 is 1. The minimum atomic E-state index is -1.12. The zero-order valence-corrected chi connectivity index (χ0v) is 21.0. The van der Waals surface area contributed by atoms with Gasteiger partial charge in [-0.15, -0.1) is 0 Å². The quantitative estimate of drug-likeness (QED) is 0.194. The number of esters is 1. The van der Waals surface area contributed by atoms with Crippen molar-refractivity contribution in [3.63, 3.8) is 0 Å². The maximum atomic E-state index is 12.0. The second-order valence-electron chi connectivity index (χ2n) is 9.84. The number of rotatable bonds is 9. The normalized spacial score (nSPS) is 15.5. The fraction of sp³-hybridized carbons (Fsp3) is 0.500. The Morgan fingerprint density at radius 1 is 1.24 bits per heavy atom. The molecule has 8 nitrogen and oxygen atoms in total. The highest BCUT2D eigenvalue weighted by Crippen LogP contribution is 2.34. The van der Waals surface area contributed by atoms with Crippen molar-refractivity contribution in [3.05, 3.63) is 37.1 Å². The smallest absolute Gasteiger partial charge is 0.332 e. The molecule has 0 atom stereocenters. The Balaban J connectivity index is 1.58. The molecular weight excluding hydrogens is 434 g/mol. The average Bonchev–Trinajstić information content (AvgIpc) is 3.55. The van der Waals surface area contributed by atoms with Gasteiger partial charge in [0, 0.05) is 50.0 Å². The number of ether oxygens (including phenoxy) is 2. The van der Waals surface area contributed by atoms with E-state index in [1.165, 1.54) is 7.11 Å². The van der Waals surface area contributed by atoms with Crippen LogP contribution in [0.1, 0.15) is 25.7 Å². The third kappa shape index (κ3) is 5.59. The van der Waals surface area contributed by atoms with E-state index in [1.807, 2.05) is 23.0 Å². The van der Waals surface area contributed by atoms with Crippen molar-refractivity contribution < 1.29 is 14.3 Å². The molecule has 0 aliphatic heterocycles. The maximum absolute atomic E-state index is 12.0. The topological polar surface area (TPSA) is 84.1 Å². The molecule has 9 heteroatoms. The molecule has 0 amide bonds. The first-order valence-electron chi connectivity index (χ1n) is 11.6. The molecule has 0 radical (unpaired) electrons. The van der Waals surface area contributed by atoms with Gasteiger partial charge in [0.25, 0.3) is 0 Å². The minimum absolute atomic E-state index is 0.302. The van der Waals surface area contributed by atoms with Crippen molar-refractivity contribution in [1.29, 1.82) is 0 Å². The molecule has 3 aromatic rings. The Labute approximate surface area is 195 Å². The lowest BCUT2D eigenvalue weighted by Crippen LogP contribution is -2.22. The van der Waals surface area contributed by atoms with Crippen LogP contribution in [0.2, 0.25) is 25.7 Å². The van der Waals surface area contributed by atoms with E-state index in [-0.39, 0.29) is 5.97 Å². The second kappa shape index (κ2) is 10.0. The summed E-state index contributed by atoms with van der Waals surface area (Å²) in [6.45, 7) is 8.27. The molecule has 0 unspecified atom stereocenters. The summed E-state index contributed by atoms with van der Waals surface area (Å²) >= 11 is 0. The predicted octanol–water partition coefficient (Wildman–Crippen LogP) is 4.81. The molecule has 1 saturated carbocycles. The number of carbonyl (C=O) groups excluding carboxylic acids is 1. The Bertz CT molecular complexity index is 1140. The van der Waals surface area contributed by atoms with E-state index in [4.69, 9.17) is 9.47 Å². The Morgan fingerprint density at radius 3 is 2.76 bits per heavy atom. The van der Waals surface area contributed by atoms with E-state index in [0.29, 0.717) is 12.6 Å². The molecule has 0 spiro atoms. The van der Waals surface area contributed by atoms with Crippen molar-refractivity contribution in [3.8, 4) is 11.3 Å². The minimum Gasteiger partial charge on any atom is -0.466 e.